The lowest BCUT2D eigenvalue weighted by atomic mass is 9.77. The molecule has 39 heavy (non-hydrogen) atoms. The molecule has 0 aliphatic carbocycles. The van der Waals surface area contributed by atoms with Crippen LogP contribution in [0.1, 0.15) is 42.7 Å². The lowest BCUT2D eigenvalue weighted by Gasteiger charge is -2.27. The highest BCUT2D eigenvalue weighted by molar-refractivity contribution is 7.91. The number of nitrogens with one attached hydrogen (secondary N) is 1. The van der Waals surface area contributed by atoms with Gasteiger partial charge < -0.3 is 19.0 Å². The van der Waals surface area contributed by atoms with Crippen molar-refractivity contribution in [1.29, 1.82) is 5.26 Å². The van der Waals surface area contributed by atoms with Crippen molar-refractivity contribution in [2.75, 3.05) is 30.8 Å². The second-order valence-corrected chi connectivity index (χ2v) is 11.2. The van der Waals surface area contributed by atoms with Gasteiger partial charge in [-0.05, 0) is 41.5 Å². The Balaban J connectivity index is 1.68. The lowest BCUT2D eigenvalue weighted by molar-refractivity contribution is -0.108. The Kier molecular flexibility index (Phi) is 10.2. The number of anilines is 1. The molecular weight excluding hydrogens is 544 g/mol. The number of benzene rings is 2. The van der Waals surface area contributed by atoms with Crippen LogP contribution in [-0.4, -0.2) is 50.7 Å². The van der Waals surface area contributed by atoms with E-state index in [4.69, 9.17) is 25.8 Å². The van der Waals surface area contributed by atoms with E-state index in [2.05, 4.69) is 20.8 Å². The molecule has 206 valence electrons. The summed E-state index contributed by atoms with van der Waals surface area (Å²) in [5, 5.41) is 10.0. The van der Waals surface area contributed by atoms with Gasteiger partial charge in [0.05, 0.1) is 35.7 Å². The first-order valence-corrected chi connectivity index (χ1v) is 14.2. The van der Waals surface area contributed by atoms with Gasteiger partial charge in [0.15, 0.2) is 5.75 Å². The summed E-state index contributed by atoms with van der Waals surface area (Å²) in [4.78, 5) is 18.4. The summed E-state index contributed by atoms with van der Waals surface area (Å²) in [7, 11) is -3.48. The predicted octanol–water partition coefficient (Wildman–Crippen LogP) is 4.26. The van der Waals surface area contributed by atoms with Crippen LogP contribution in [0, 0.1) is 11.3 Å². The Morgan fingerprint density at radius 2 is 1.82 bits per heavy atom. The molecule has 1 heterocycles. The lowest BCUT2D eigenvalue weighted by Crippen LogP contribution is -2.19. The SMILES string of the molecule is CC(C)(c1ccc(OCc2ccnc(NS(C)(=O)=O)n2)cc1)c1cc(Cl)c(OCCOCCC=O)c(C#N)c1. The molecule has 0 bridgehead atoms. The summed E-state index contributed by atoms with van der Waals surface area (Å²) in [5.41, 5.74) is 2.12. The maximum atomic E-state index is 11.4. The summed E-state index contributed by atoms with van der Waals surface area (Å²) in [6.07, 6.45) is 3.57. The number of carbonyl (C=O) groups is 1. The van der Waals surface area contributed by atoms with Crippen LogP contribution in [0.5, 0.6) is 11.5 Å². The van der Waals surface area contributed by atoms with Crippen LogP contribution in [-0.2, 0) is 31.6 Å². The third-order valence-corrected chi connectivity index (χ3v) is 6.53. The highest BCUT2D eigenvalue weighted by atomic mass is 35.5. The average Bonchev–Trinajstić information content (AvgIpc) is 2.89. The van der Waals surface area contributed by atoms with Gasteiger partial charge in [0.25, 0.3) is 0 Å². The molecular formula is C27H29ClN4O6S. The molecule has 0 saturated heterocycles. The molecule has 0 unspecified atom stereocenters. The van der Waals surface area contributed by atoms with Crippen LogP contribution in [0.4, 0.5) is 5.95 Å². The highest BCUT2D eigenvalue weighted by Crippen LogP contribution is 2.38. The highest BCUT2D eigenvalue weighted by Gasteiger charge is 2.26. The summed E-state index contributed by atoms with van der Waals surface area (Å²) in [5.74, 6) is 0.868. The van der Waals surface area contributed by atoms with Crippen molar-refractivity contribution in [3.8, 4) is 17.6 Å². The van der Waals surface area contributed by atoms with E-state index >= 15 is 0 Å². The minimum Gasteiger partial charge on any atom is -0.488 e. The quantitative estimate of drug-likeness (QED) is 0.221. The Morgan fingerprint density at radius 1 is 1.08 bits per heavy atom. The molecule has 0 atom stereocenters. The minimum absolute atomic E-state index is 0.0227. The van der Waals surface area contributed by atoms with Crippen molar-refractivity contribution in [2.45, 2.75) is 32.3 Å². The monoisotopic (exact) mass is 572 g/mol. The number of hydrogen-bond donors (Lipinski definition) is 1. The standard InChI is InChI=1S/C27H29ClN4O6S/c1-27(2,21-15-19(17-29)25(24(28)16-21)37-14-13-36-12-4-11-33)20-5-7-23(8-6-20)38-18-22-9-10-30-26(31-22)32-39(3,34)35/h5-11,15-16H,4,12-14,18H2,1-3H3,(H,30,31,32). The number of hydrogen-bond acceptors (Lipinski definition) is 9. The third-order valence-electron chi connectivity index (χ3n) is 5.69. The van der Waals surface area contributed by atoms with Crippen LogP contribution in [0.25, 0.3) is 0 Å². The first-order chi connectivity index (χ1) is 18.5. The van der Waals surface area contributed by atoms with E-state index in [1.807, 2.05) is 38.1 Å². The van der Waals surface area contributed by atoms with Crippen LogP contribution >= 0.6 is 11.6 Å². The number of ether oxygens (including phenoxy) is 3. The van der Waals surface area contributed by atoms with Crippen molar-refractivity contribution in [1.82, 2.24) is 9.97 Å². The van der Waals surface area contributed by atoms with E-state index in [0.717, 1.165) is 23.7 Å². The molecule has 0 spiro atoms. The molecule has 2 aromatic carbocycles. The van der Waals surface area contributed by atoms with E-state index in [1.54, 1.807) is 18.2 Å². The van der Waals surface area contributed by atoms with E-state index < -0.39 is 15.4 Å². The van der Waals surface area contributed by atoms with Crippen LogP contribution in [0.2, 0.25) is 5.02 Å². The van der Waals surface area contributed by atoms with Gasteiger partial charge in [0.1, 0.15) is 31.3 Å². The Labute approximate surface area is 233 Å². The smallest absolute Gasteiger partial charge is 0.236 e. The fraction of sp³-hybridized carbons (Fsp3) is 0.333. The first-order valence-electron chi connectivity index (χ1n) is 11.9. The van der Waals surface area contributed by atoms with Gasteiger partial charge >= 0.3 is 0 Å². The average molecular weight is 573 g/mol. The predicted molar refractivity (Wildman–Crippen MR) is 147 cm³/mol. The fourth-order valence-electron chi connectivity index (χ4n) is 3.60. The molecule has 3 rings (SSSR count). The second kappa shape index (κ2) is 13.4. The molecule has 0 amide bonds. The largest absolute Gasteiger partial charge is 0.488 e. The third kappa shape index (κ3) is 8.64. The number of aromatic nitrogens is 2. The van der Waals surface area contributed by atoms with Crippen LogP contribution in [0.3, 0.4) is 0 Å². The van der Waals surface area contributed by atoms with Gasteiger partial charge in [0.2, 0.25) is 16.0 Å². The molecule has 0 aliphatic rings. The summed E-state index contributed by atoms with van der Waals surface area (Å²) in [6.45, 7) is 4.94. The Hall–Kier alpha value is -3.72. The Morgan fingerprint density at radius 3 is 2.49 bits per heavy atom. The topological polar surface area (TPSA) is 140 Å². The normalized spacial score (nSPS) is 11.5. The van der Waals surface area contributed by atoms with Crippen molar-refractivity contribution in [2.24, 2.45) is 0 Å². The molecule has 1 aromatic heterocycles. The van der Waals surface area contributed by atoms with Crippen LogP contribution in [0.15, 0.2) is 48.7 Å². The second-order valence-electron chi connectivity index (χ2n) is 9.05. The minimum atomic E-state index is -3.48. The zero-order chi connectivity index (χ0) is 28.5. The van der Waals surface area contributed by atoms with Crippen molar-refractivity contribution >= 4 is 33.9 Å². The maximum Gasteiger partial charge on any atom is 0.236 e. The summed E-state index contributed by atoms with van der Waals surface area (Å²) < 4.78 is 41.8. The van der Waals surface area contributed by atoms with E-state index in [9.17, 15) is 18.5 Å². The fourth-order valence-corrected chi connectivity index (χ4v) is 4.31. The molecule has 1 N–H and O–H groups in total. The van der Waals surface area contributed by atoms with Gasteiger partial charge in [-0.15, -0.1) is 0 Å². The van der Waals surface area contributed by atoms with Gasteiger partial charge in [-0.3, -0.25) is 4.72 Å². The van der Waals surface area contributed by atoms with E-state index in [1.165, 1.54) is 6.20 Å². The molecule has 0 radical (unpaired) electrons. The summed E-state index contributed by atoms with van der Waals surface area (Å²) in [6, 6.07) is 14.8. The number of aldehydes is 1. The van der Waals surface area contributed by atoms with Gasteiger partial charge in [0, 0.05) is 18.0 Å². The number of sulfonamides is 1. The molecule has 3 aromatic rings. The molecule has 12 heteroatoms. The Bertz CT molecular complexity index is 1440. The van der Waals surface area contributed by atoms with E-state index in [0.29, 0.717) is 40.8 Å². The van der Waals surface area contributed by atoms with Gasteiger partial charge in [-0.2, -0.15) is 5.26 Å². The van der Waals surface area contributed by atoms with E-state index in [-0.39, 0.29) is 25.8 Å². The molecule has 0 saturated carbocycles. The number of carbonyl (C=O) groups excluding carboxylic acids is 1. The number of nitriles is 1. The zero-order valence-corrected chi connectivity index (χ0v) is 23.4. The van der Waals surface area contributed by atoms with Gasteiger partial charge in [-0.25, -0.2) is 18.4 Å². The number of rotatable bonds is 14. The molecule has 0 fully saturated rings. The zero-order valence-electron chi connectivity index (χ0n) is 21.8. The molecule has 10 nitrogen and oxygen atoms in total. The van der Waals surface area contributed by atoms with Crippen molar-refractivity contribution in [3.05, 3.63) is 76.1 Å². The van der Waals surface area contributed by atoms with Gasteiger partial charge in [-0.1, -0.05) is 37.6 Å². The summed E-state index contributed by atoms with van der Waals surface area (Å²) >= 11 is 6.51. The van der Waals surface area contributed by atoms with Crippen molar-refractivity contribution in [3.63, 3.8) is 0 Å². The number of halogens is 1. The first kappa shape index (κ1) is 29.8. The van der Waals surface area contributed by atoms with Crippen molar-refractivity contribution < 1.29 is 27.4 Å². The molecule has 0 aliphatic heterocycles. The van der Waals surface area contributed by atoms with Crippen LogP contribution < -0.4 is 14.2 Å². The number of nitrogens with zero attached hydrogens (tertiary/aromatic N) is 3. The maximum absolute atomic E-state index is 11.4.